The highest BCUT2D eigenvalue weighted by Crippen LogP contribution is 2.41. The number of rotatable bonds is 10. The number of sulfone groups is 1. The van der Waals surface area contributed by atoms with Gasteiger partial charge in [-0.3, -0.25) is 9.59 Å². The number of hydrogen-bond acceptors (Lipinski definition) is 8. The minimum Gasteiger partial charge on any atom is -0.384 e. The molecule has 0 spiro atoms. The molecule has 38 heavy (non-hydrogen) atoms. The van der Waals surface area contributed by atoms with E-state index in [1.54, 1.807) is 0 Å². The summed E-state index contributed by atoms with van der Waals surface area (Å²) in [6.07, 6.45) is -2.24. The third-order valence-corrected chi connectivity index (χ3v) is 8.77. The Hall–Kier alpha value is -3.17. The Labute approximate surface area is 218 Å². The van der Waals surface area contributed by atoms with E-state index in [4.69, 9.17) is 4.74 Å². The van der Waals surface area contributed by atoms with Crippen molar-refractivity contribution >= 4 is 43.2 Å². The second kappa shape index (κ2) is 10.9. The van der Waals surface area contributed by atoms with Gasteiger partial charge in [-0.05, 0) is 42.7 Å². The van der Waals surface area contributed by atoms with Crippen LogP contribution in [0.3, 0.4) is 0 Å². The first-order valence-electron chi connectivity index (χ1n) is 11.3. The molecule has 1 atom stereocenters. The van der Waals surface area contributed by atoms with Gasteiger partial charge in [0.2, 0.25) is 17.8 Å². The van der Waals surface area contributed by atoms with Gasteiger partial charge in [0.05, 0.1) is 34.7 Å². The topological polar surface area (TPSA) is 127 Å². The Morgan fingerprint density at radius 1 is 1.24 bits per heavy atom. The maximum Gasteiger partial charge on any atom is 0.417 e. The van der Waals surface area contributed by atoms with Crippen LogP contribution in [-0.4, -0.2) is 62.3 Å². The number of benzene rings is 1. The van der Waals surface area contributed by atoms with Crippen molar-refractivity contribution in [2.24, 2.45) is 0 Å². The number of fused-ring (bicyclic) bond motifs is 1. The third-order valence-electron chi connectivity index (χ3n) is 5.65. The number of halogens is 4. The Morgan fingerprint density at radius 2 is 1.97 bits per heavy atom. The molecular weight excluding hydrogens is 552 g/mol. The van der Waals surface area contributed by atoms with Gasteiger partial charge >= 0.3 is 6.18 Å². The van der Waals surface area contributed by atoms with Gasteiger partial charge in [0.1, 0.15) is 5.01 Å². The highest BCUT2D eigenvalue weighted by molar-refractivity contribution is 7.92. The summed E-state index contributed by atoms with van der Waals surface area (Å²) < 4.78 is 86.1. The highest BCUT2D eigenvalue weighted by Gasteiger charge is 2.39. The lowest BCUT2D eigenvalue weighted by Crippen LogP contribution is -2.42. The lowest BCUT2D eigenvalue weighted by atomic mass is 10.0. The van der Waals surface area contributed by atoms with Crippen molar-refractivity contribution in [3.63, 3.8) is 0 Å². The molecule has 3 aromatic rings. The molecule has 1 aromatic carbocycles. The van der Waals surface area contributed by atoms with Crippen LogP contribution in [0.2, 0.25) is 0 Å². The summed E-state index contributed by atoms with van der Waals surface area (Å²) in [7, 11) is -2.97. The van der Waals surface area contributed by atoms with Crippen molar-refractivity contribution in [1.29, 1.82) is 0 Å². The molecule has 0 aliphatic heterocycles. The van der Waals surface area contributed by atoms with E-state index in [0.29, 0.717) is 0 Å². The van der Waals surface area contributed by atoms with Gasteiger partial charge in [0, 0.05) is 24.9 Å². The summed E-state index contributed by atoms with van der Waals surface area (Å²) in [5, 5.41) is 2.80. The summed E-state index contributed by atoms with van der Waals surface area (Å²) in [6, 6.07) is 3.97. The van der Waals surface area contributed by atoms with Crippen LogP contribution in [0.15, 0.2) is 30.5 Å². The first-order valence-corrected chi connectivity index (χ1v) is 13.8. The molecule has 15 heteroatoms. The molecule has 1 aliphatic rings. The zero-order valence-electron chi connectivity index (χ0n) is 19.8. The Balaban J connectivity index is 1.75. The molecule has 2 amide bonds. The van der Waals surface area contributed by atoms with E-state index in [9.17, 15) is 35.6 Å². The number of pyridine rings is 1. The molecular formula is C23H22F4N4O5S2. The van der Waals surface area contributed by atoms with Gasteiger partial charge in [-0.2, -0.15) is 17.6 Å². The monoisotopic (exact) mass is 574 g/mol. The van der Waals surface area contributed by atoms with Crippen molar-refractivity contribution in [2.45, 2.75) is 30.3 Å². The quantitative estimate of drug-likeness (QED) is 0.282. The number of ether oxygens (including phenoxy) is 1. The number of alkyl halides is 3. The SMILES string of the molecule is COCCS(=O)(=O)C(C(=O)NCC(=O)NC1CC1)c1nc2cc(C(F)(F)F)c(-c3ccc(F)nc3)cc2s1. The molecule has 4 rings (SSSR count). The molecule has 0 saturated heterocycles. The van der Waals surface area contributed by atoms with E-state index in [1.807, 2.05) is 0 Å². The molecule has 2 aromatic heterocycles. The molecule has 0 bridgehead atoms. The zero-order chi connectivity index (χ0) is 27.7. The second-order valence-corrected chi connectivity index (χ2v) is 11.9. The average molecular weight is 575 g/mol. The van der Waals surface area contributed by atoms with E-state index >= 15 is 0 Å². The normalized spacial score (nSPS) is 14.9. The lowest BCUT2D eigenvalue weighted by molar-refractivity contribution is -0.137. The highest BCUT2D eigenvalue weighted by atomic mass is 32.2. The van der Waals surface area contributed by atoms with E-state index in [1.165, 1.54) is 7.11 Å². The van der Waals surface area contributed by atoms with Gasteiger partial charge in [-0.15, -0.1) is 11.3 Å². The van der Waals surface area contributed by atoms with E-state index in [-0.39, 0.29) is 39.0 Å². The molecule has 2 N–H and O–H groups in total. The maximum atomic E-state index is 13.9. The van der Waals surface area contributed by atoms with Crippen molar-refractivity contribution in [3.8, 4) is 11.1 Å². The first-order chi connectivity index (χ1) is 17.9. The maximum absolute atomic E-state index is 13.9. The number of nitrogens with one attached hydrogen (secondary N) is 2. The van der Waals surface area contributed by atoms with Crippen LogP contribution in [0.1, 0.15) is 28.7 Å². The minimum atomic E-state index is -4.82. The van der Waals surface area contributed by atoms with Crippen LogP contribution < -0.4 is 10.6 Å². The molecule has 1 unspecified atom stereocenters. The van der Waals surface area contributed by atoms with Gasteiger partial charge in [-0.1, -0.05) is 0 Å². The predicted molar refractivity (Wildman–Crippen MR) is 130 cm³/mol. The van der Waals surface area contributed by atoms with Crippen LogP contribution in [0, 0.1) is 5.95 Å². The first kappa shape index (κ1) is 27.9. The number of methoxy groups -OCH3 is 1. The summed E-state index contributed by atoms with van der Waals surface area (Å²) in [6.45, 7) is -0.713. The summed E-state index contributed by atoms with van der Waals surface area (Å²) in [4.78, 5) is 32.5. The van der Waals surface area contributed by atoms with Crippen LogP contribution in [0.4, 0.5) is 17.6 Å². The molecule has 0 radical (unpaired) electrons. The largest absolute Gasteiger partial charge is 0.417 e. The summed E-state index contributed by atoms with van der Waals surface area (Å²) >= 11 is 0.726. The van der Waals surface area contributed by atoms with Gasteiger partial charge in [0.15, 0.2) is 15.1 Å². The van der Waals surface area contributed by atoms with E-state index in [2.05, 4.69) is 20.6 Å². The fourth-order valence-electron chi connectivity index (χ4n) is 3.62. The molecule has 1 aliphatic carbocycles. The van der Waals surface area contributed by atoms with Crippen molar-refractivity contribution in [2.75, 3.05) is 26.0 Å². The number of carbonyl (C=O) groups excluding carboxylic acids is 2. The van der Waals surface area contributed by atoms with Crippen LogP contribution in [-0.2, 0) is 30.3 Å². The fraction of sp³-hybridized carbons (Fsp3) is 0.391. The zero-order valence-corrected chi connectivity index (χ0v) is 21.5. The third kappa shape index (κ3) is 6.45. The number of hydrogen-bond donors (Lipinski definition) is 2. The number of amides is 2. The number of nitrogens with zero attached hydrogens (tertiary/aromatic N) is 2. The van der Waals surface area contributed by atoms with Crippen molar-refractivity contribution in [1.82, 2.24) is 20.6 Å². The van der Waals surface area contributed by atoms with Gasteiger partial charge in [-0.25, -0.2) is 18.4 Å². The van der Waals surface area contributed by atoms with Gasteiger partial charge in [0.25, 0.3) is 0 Å². The van der Waals surface area contributed by atoms with E-state index in [0.717, 1.165) is 54.6 Å². The number of carbonyl (C=O) groups is 2. The standard InChI is InChI=1S/C23H22F4N4O5S2/c1-36-6-7-38(34,35)20(21(33)29-11-19(32)30-13-3-4-13)22-31-16-9-15(23(25,26)27)14(8-17(16)37-22)12-2-5-18(24)28-10-12/h2,5,8-10,13,20H,3-4,6-7,11H2,1H3,(H,29,33)(H,30,32). The van der Waals surface area contributed by atoms with Crippen LogP contribution in [0.25, 0.3) is 21.3 Å². The van der Waals surface area contributed by atoms with Crippen molar-refractivity contribution < 1.29 is 40.3 Å². The Kier molecular flexibility index (Phi) is 7.99. The fourth-order valence-corrected chi connectivity index (χ4v) is 6.58. The molecule has 9 nitrogen and oxygen atoms in total. The minimum absolute atomic E-state index is 0.0146. The van der Waals surface area contributed by atoms with Gasteiger partial charge < -0.3 is 15.4 Å². The van der Waals surface area contributed by atoms with Crippen molar-refractivity contribution in [3.05, 3.63) is 47.0 Å². The summed E-state index contributed by atoms with van der Waals surface area (Å²) in [5.41, 5.74) is -1.59. The van der Waals surface area contributed by atoms with Crippen LogP contribution in [0.5, 0.6) is 0 Å². The van der Waals surface area contributed by atoms with Crippen LogP contribution >= 0.6 is 11.3 Å². The second-order valence-electron chi connectivity index (χ2n) is 8.58. The predicted octanol–water partition coefficient (Wildman–Crippen LogP) is 3.01. The Bertz CT molecular complexity index is 1450. The smallest absolute Gasteiger partial charge is 0.384 e. The van der Waals surface area contributed by atoms with E-state index < -0.39 is 56.9 Å². The molecule has 204 valence electrons. The summed E-state index contributed by atoms with van der Waals surface area (Å²) in [5.74, 6) is -2.97. The number of thiazole rings is 1. The molecule has 2 heterocycles. The molecule has 1 saturated carbocycles. The molecule has 1 fully saturated rings. The number of aromatic nitrogens is 2. The average Bonchev–Trinajstić information content (AvgIpc) is 3.56. The lowest BCUT2D eigenvalue weighted by Gasteiger charge is -2.15. The Morgan fingerprint density at radius 3 is 2.58 bits per heavy atom.